The lowest BCUT2D eigenvalue weighted by Gasteiger charge is -2.40. The molecule has 0 heterocycles. The van der Waals surface area contributed by atoms with E-state index in [0.717, 1.165) is 55.6 Å². The number of rotatable bonds is 9. The number of aliphatic imine (C=N–C) groups is 1. The number of halogens is 2. The van der Waals surface area contributed by atoms with Gasteiger partial charge in [-0.3, -0.25) is 4.99 Å². The number of methoxy groups -OCH3 is 1. The fourth-order valence-electron chi connectivity index (χ4n) is 3.09. The van der Waals surface area contributed by atoms with Gasteiger partial charge in [0.05, 0.1) is 0 Å². The molecule has 0 radical (unpaired) electrons. The van der Waals surface area contributed by atoms with E-state index >= 15 is 0 Å². The molecule has 6 heteroatoms. The summed E-state index contributed by atoms with van der Waals surface area (Å²) in [5, 5.41) is 7.59. The zero-order valence-electron chi connectivity index (χ0n) is 15.3. The maximum absolute atomic E-state index is 6.21. The quantitative estimate of drug-likeness (QED) is 0.316. The summed E-state index contributed by atoms with van der Waals surface area (Å²) in [7, 11) is 1.77. The first-order chi connectivity index (χ1) is 11.7. The summed E-state index contributed by atoms with van der Waals surface area (Å²) >= 11 is 6.21. The van der Waals surface area contributed by atoms with Crippen LogP contribution in [0.15, 0.2) is 29.3 Å². The van der Waals surface area contributed by atoms with E-state index in [-0.39, 0.29) is 24.0 Å². The third kappa shape index (κ3) is 7.31. The molecule has 142 valence electrons. The first-order valence-electron chi connectivity index (χ1n) is 8.94. The van der Waals surface area contributed by atoms with Gasteiger partial charge in [-0.05, 0) is 49.7 Å². The molecular weight excluding hydrogens is 449 g/mol. The van der Waals surface area contributed by atoms with Gasteiger partial charge >= 0.3 is 0 Å². The Hall–Kier alpha value is -0.530. The number of nitrogens with zero attached hydrogens (tertiary/aromatic N) is 1. The van der Waals surface area contributed by atoms with E-state index in [4.69, 9.17) is 21.3 Å². The van der Waals surface area contributed by atoms with Crippen LogP contribution in [0.3, 0.4) is 0 Å². The van der Waals surface area contributed by atoms with Crippen LogP contribution in [0, 0.1) is 5.41 Å². The van der Waals surface area contributed by atoms with E-state index in [2.05, 4.69) is 23.6 Å². The fraction of sp³-hybridized carbons (Fsp3) is 0.632. The molecule has 2 N–H and O–H groups in total. The minimum atomic E-state index is 0. The molecule has 1 aliphatic rings. The second-order valence-corrected chi connectivity index (χ2v) is 6.97. The highest BCUT2D eigenvalue weighted by molar-refractivity contribution is 14.0. The van der Waals surface area contributed by atoms with Gasteiger partial charge in [0.25, 0.3) is 0 Å². The maximum atomic E-state index is 6.21. The summed E-state index contributed by atoms with van der Waals surface area (Å²) < 4.78 is 5.26. The smallest absolute Gasteiger partial charge is 0.191 e. The van der Waals surface area contributed by atoms with Crippen LogP contribution in [0.5, 0.6) is 0 Å². The normalized spacial score (nSPS) is 15.9. The average molecular weight is 480 g/mol. The first-order valence-corrected chi connectivity index (χ1v) is 9.31. The fourth-order valence-corrected chi connectivity index (χ4v) is 3.32. The molecule has 1 aromatic carbocycles. The molecule has 0 bridgehead atoms. The summed E-state index contributed by atoms with van der Waals surface area (Å²) in [6, 6.07) is 7.99. The SMILES string of the molecule is CCNC(=NCC1(CCOC)CCC1)NCCc1ccccc1Cl.I. The molecule has 0 amide bonds. The van der Waals surface area contributed by atoms with Crippen LogP contribution in [0.2, 0.25) is 5.02 Å². The van der Waals surface area contributed by atoms with Gasteiger partial charge in [-0.1, -0.05) is 36.2 Å². The highest BCUT2D eigenvalue weighted by Crippen LogP contribution is 2.44. The van der Waals surface area contributed by atoms with Gasteiger partial charge in [-0.2, -0.15) is 0 Å². The Morgan fingerprint density at radius 1 is 1.28 bits per heavy atom. The van der Waals surface area contributed by atoms with Crippen LogP contribution in [0.25, 0.3) is 0 Å². The summed E-state index contributed by atoms with van der Waals surface area (Å²) in [6.07, 6.45) is 5.83. The van der Waals surface area contributed by atoms with Crippen molar-refractivity contribution in [2.24, 2.45) is 10.4 Å². The third-order valence-electron chi connectivity index (χ3n) is 4.81. The molecule has 0 aromatic heterocycles. The summed E-state index contributed by atoms with van der Waals surface area (Å²) in [5.41, 5.74) is 1.51. The molecule has 0 atom stereocenters. The van der Waals surface area contributed by atoms with E-state index in [0.29, 0.717) is 5.41 Å². The highest BCUT2D eigenvalue weighted by Gasteiger charge is 2.36. The first kappa shape index (κ1) is 22.5. The minimum Gasteiger partial charge on any atom is -0.385 e. The van der Waals surface area contributed by atoms with Crippen LogP contribution in [0.4, 0.5) is 0 Å². The molecule has 2 rings (SSSR count). The summed E-state index contributed by atoms with van der Waals surface area (Å²) in [6.45, 7) is 5.47. The summed E-state index contributed by atoms with van der Waals surface area (Å²) in [5.74, 6) is 0.897. The number of benzene rings is 1. The Labute approximate surface area is 174 Å². The number of hydrogen-bond donors (Lipinski definition) is 2. The van der Waals surface area contributed by atoms with Crippen LogP contribution in [-0.4, -0.2) is 39.3 Å². The second-order valence-electron chi connectivity index (χ2n) is 6.56. The molecule has 0 unspecified atom stereocenters. The van der Waals surface area contributed by atoms with Gasteiger partial charge in [-0.15, -0.1) is 24.0 Å². The van der Waals surface area contributed by atoms with Gasteiger partial charge in [0.1, 0.15) is 0 Å². The Balaban J connectivity index is 0.00000312. The lowest BCUT2D eigenvalue weighted by molar-refractivity contribution is 0.0778. The van der Waals surface area contributed by atoms with Crippen molar-refractivity contribution >= 4 is 41.5 Å². The molecule has 0 spiro atoms. The molecule has 25 heavy (non-hydrogen) atoms. The monoisotopic (exact) mass is 479 g/mol. The van der Waals surface area contributed by atoms with E-state index in [9.17, 15) is 0 Å². The minimum absolute atomic E-state index is 0. The van der Waals surface area contributed by atoms with E-state index < -0.39 is 0 Å². The van der Waals surface area contributed by atoms with Crippen molar-refractivity contribution in [3.63, 3.8) is 0 Å². The number of ether oxygens (including phenoxy) is 1. The van der Waals surface area contributed by atoms with Crippen molar-refractivity contribution in [2.45, 2.75) is 39.0 Å². The molecule has 1 fully saturated rings. The standard InChI is InChI=1S/C19H30ClN3O.HI/c1-3-21-18(22-13-9-16-7-4-5-8-17(16)20)23-15-19(10-6-11-19)12-14-24-2;/h4-5,7-8H,3,6,9-15H2,1-2H3,(H2,21,22,23);1H. The third-order valence-corrected chi connectivity index (χ3v) is 5.18. The average Bonchev–Trinajstić information content (AvgIpc) is 2.55. The predicted octanol–water partition coefficient (Wildman–Crippen LogP) is 4.26. The van der Waals surface area contributed by atoms with Gasteiger partial charge in [0.2, 0.25) is 0 Å². The molecule has 1 aromatic rings. The predicted molar refractivity (Wildman–Crippen MR) is 117 cm³/mol. The van der Waals surface area contributed by atoms with Crippen molar-refractivity contribution in [1.82, 2.24) is 10.6 Å². The molecule has 4 nitrogen and oxygen atoms in total. The van der Waals surface area contributed by atoms with E-state index in [1.807, 2.05) is 18.2 Å². The Morgan fingerprint density at radius 2 is 2.04 bits per heavy atom. The lowest BCUT2D eigenvalue weighted by Crippen LogP contribution is -2.41. The number of nitrogens with one attached hydrogen (secondary N) is 2. The zero-order chi connectivity index (χ0) is 17.3. The van der Waals surface area contributed by atoms with Crippen LogP contribution in [0.1, 0.15) is 38.2 Å². The Morgan fingerprint density at radius 3 is 2.64 bits per heavy atom. The van der Waals surface area contributed by atoms with Crippen molar-refractivity contribution in [1.29, 1.82) is 0 Å². The van der Waals surface area contributed by atoms with Crippen LogP contribution in [-0.2, 0) is 11.2 Å². The van der Waals surface area contributed by atoms with Crippen molar-refractivity contribution in [3.8, 4) is 0 Å². The van der Waals surface area contributed by atoms with Crippen LogP contribution < -0.4 is 10.6 Å². The molecular formula is C19H31ClIN3O. The zero-order valence-corrected chi connectivity index (χ0v) is 18.4. The topological polar surface area (TPSA) is 45.7 Å². The number of guanidine groups is 1. The van der Waals surface area contributed by atoms with Crippen molar-refractivity contribution in [2.75, 3.05) is 33.4 Å². The van der Waals surface area contributed by atoms with Crippen LogP contribution >= 0.6 is 35.6 Å². The maximum Gasteiger partial charge on any atom is 0.191 e. The van der Waals surface area contributed by atoms with Gasteiger partial charge in [0.15, 0.2) is 5.96 Å². The summed E-state index contributed by atoms with van der Waals surface area (Å²) in [4.78, 5) is 4.82. The Kier molecular flexibility index (Phi) is 10.8. The molecule has 0 aliphatic heterocycles. The second kappa shape index (κ2) is 12.0. The molecule has 0 saturated heterocycles. The van der Waals surface area contributed by atoms with Gasteiger partial charge in [-0.25, -0.2) is 0 Å². The van der Waals surface area contributed by atoms with Crippen molar-refractivity contribution in [3.05, 3.63) is 34.9 Å². The van der Waals surface area contributed by atoms with E-state index in [1.54, 1.807) is 7.11 Å². The van der Waals surface area contributed by atoms with Gasteiger partial charge in [0, 0.05) is 38.4 Å². The van der Waals surface area contributed by atoms with Gasteiger partial charge < -0.3 is 15.4 Å². The molecule has 1 saturated carbocycles. The Bertz CT molecular complexity index is 535. The molecule has 1 aliphatic carbocycles. The largest absolute Gasteiger partial charge is 0.385 e. The highest BCUT2D eigenvalue weighted by atomic mass is 127. The van der Waals surface area contributed by atoms with Crippen molar-refractivity contribution < 1.29 is 4.74 Å². The van der Waals surface area contributed by atoms with E-state index in [1.165, 1.54) is 19.3 Å². The lowest BCUT2D eigenvalue weighted by atomic mass is 9.67. The number of hydrogen-bond acceptors (Lipinski definition) is 2.